The molecule has 35 heavy (non-hydrogen) atoms. The Bertz CT molecular complexity index is 1420. The second-order valence-electron chi connectivity index (χ2n) is 8.30. The largest absolute Gasteiger partial charge is 0.465 e. The maximum atomic E-state index is 13.4. The number of nitrogen functional groups attached to an aromatic ring is 1. The van der Waals surface area contributed by atoms with Crippen LogP contribution in [0.15, 0.2) is 54.9 Å². The minimum absolute atomic E-state index is 0.116. The molecule has 1 aromatic carbocycles. The van der Waals surface area contributed by atoms with E-state index in [1.54, 1.807) is 30.5 Å². The van der Waals surface area contributed by atoms with E-state index in [1.165, 1.54) is 17.2 Å². The van der Waals surface area contributed by atoms with E-state index in [9.17, 15) is 19.1 Å². The van der Waals surface area contributed by atoms with E-state index in [2.05, 4.69) is 15.3 Å². The van der Waals surface area contributed by atoms with Gasteiger partial charge in [-0.2, -0.15) is 5.10 Å². The molecule has 4 heterocycles. The first kappa shape index (κ1) is 22.3. The molecule has 0 radical (unpaired) electrons. The van der Waals surface area contributed by atoms with Crippen molar-refractivity contribution in [1.29, 1.82) is 0 Å². The molecule has 1 saturated heterocycles. The molecule has 1 atom stereocenters. The number of likely N-dealkylation sites (tertiary alicyclic amines) is 1. The third-order valence-electron chi connectivity index (χ3n) is 6.05. The van der Waals surface area contributed by atoms with Crippen molar-refractivity contribution < 1.29 is 19.1 Å². The van der Waals surface area contributed by atoms with Crippen molar-refractivity contribution in [2.24, 2.45) is 0 Å². The number of hydrogen-bond donors (Lipinski definition) is 3. The van der Waals surface area contributed by atoms with E-state index < -0.39 is 17.8 Å². The summed E-state index contributed by atoms with van der Waals surface area (Å²) in [7, 11) is 0. The highest BCUT2D eigenvalue weighted by Gasteiger charge is 2.28. The second kappa shape index (κ2) is 9.01. The molecule has 3 aromatic heterocycles. The monoisotopic (exact) mass is 475 g/mol. The smallest absolute Gasteiger partial charge is 0.407 e. The molecule has 10 nitrogen and oxygen atoms in total. The summed E-state index contributed by atoms with van der Waals surface area (Å²) in [5.74, 6) is -0.495. The fraction of sp³-hybridized carbons (Fsp3) is 0.208. The number of nitrogens with two attached hydrogens (primary N) is 1. The summed E-state index contributed by atoms with van der Waals surface area (Å²) in [4.78, 5) is 33.6. The fourth-order valence-electron chi connectivity index (χ4n) is 4.36. The van der Waals surface area contributed by atoms with Crippen LogP contribution in [0.2, 0.25) is 0 Å². The van der Waals surface area contributed by atoms with Crippen LogP contribution in [-0.4, -0.2) is 54.8 Å². The highest BCUT2D eigenvalue weighted by Crippen LogP contribution is 2.34. The maximum absolute atomic E-state index is 13.4. The molecule has 4 aromatic rings. The zero-order valence-electron chi connectivity index (χ0n) is 18.6. The number of benzene rings is 1. The molecule has 1 fully saturated rings. The molecule has 0 bridgehead atoms. The van der Waals surface area contributed by atoms with Crippen LogP contribution in [-0.2, 0) is 0 Å². The highest BCUT2D eigenvalue weighted by atomic mass is 19.1. The first-order valence-electron chi connectivity index (χ1n) is 11.0. The Labute approximate surface area is 199 Å². The van der Waals surface area contributed by atoms with Crippen molar-refractivity contribution in [1.82, 2.24) is 24.6 Å². The van der Waals surface area contributed by atoms with E-state index >= 15 is 0 Å². The molecule has 2 amide bonds. The van der Waals surface area contributed by atoms with Gasteiger partial charge in [-0.15, -0.1) is 0 Å². The number of fused-ring (bicyclic) bond motifs is 1. The van der Waals surface area contributed by atoms with Crippen LogP contribution in [0, 0.1) is 5.82 Å². The van der Waals surface area contributed by atoms with Gasteiger partial charge in [-0.1, -0.05) is 12.1 Å². The van der Waals surface area contributed by atoms with Gasteiger partial charge in [0.1, 0.15) is 23.1 Å². The summed E-state index contributed by atoms with van der Waals surface area (Å²) in [5.41, 5.74) is 8.66. The Morgan fingerprint density at radius 1 is 1.11 bits per heavy atom. The van der Waals surface area contributed by atoms with Crippen molar-refractivity contribution in [3.8, 4) is 11.3 Å². The fourth-order valence-corrected chi connectivity index (χ4v) is 4.36. The average Bonchev–Trinajstić information content (AvgIpc) is 3.25. The third kappa shape index (κ3) is 4.35. The van der Waals surface area contributed by atoms with Gasteiger partial charge in [-0.05, 0) is 37.1 Å². The zero-order chi connectivity index (χ0) is 24.5. The first-order chi connectivity index (χ1) is 16.9. The number of amides is 2. The Kier molecular flexibility index (Phi) is 5.73. The third-order valence-corrected chi connectivity index (χ3v) is 6.05. The summed E-state index contributed by atoms with van der Waals surface area (Å²) in [6.45, 7) is 0.831. The van der Waals surface area contributed by atoms with Crippen molar-refractivity contribution in [2.75, 3.05) is 24.1 Å². The number of aromatic nitrogens is 4. The number of carbonyl (C=O) groups is 2. The molecular formula is C24H22FN7O3. The predicted molar refractivity (Wildman–Crippen MR) is 127 cm³/mol. The van der Waals surface area contributed by atoms with Gasteiger partial charge < -0.3 is 21.1 Å². The lowest BCUT2D eigenvalue weighted by Crippen LogP contribution is -2.40. The molecule has 0 unspecified atom stereocenters. The van der Waals surface area contributed by atoms with Gasteiger partial charge in [0.15, 0.2) is 0 Å². The Hall–Kier alpha value is -4.54. The number of pyridine rings is 2. The molecule has 11 heteroatoms. The summed E-state index contributed by atoms with van der Waals surface area (Å²) in [6.07, 6.45) is 3.45. The van der Waals surface area contributed by atoms with Crippen LogP contribution in [0.4, 0.5) is 20.8 Å². The molecule has 0 saturated carbocycles. The number of nitrogens with one attached hydrogen (secondary N) is 1. The maximum Gasteiger partial charge on any atom is 0.407 e. The second-order valence-corrected chi connectivity index (χ2v) is 8.30. The number of piperidine rings is 1. The van der Waals surface area contributed by atoms with Crippen LogP contribution in [0.3, 0.4) is 0 Å². The lowest BCUT2D eigenvalue weighted by Gasteiger charge is -2.31. The SMILES string of the molecule is Nc1nccc2c1c(-c1ccc(C(=O)Nc3cc(F)ccn3)cc1)nn2[C@@H]1CCCN(C(=O)O)C1. The standard InChI is InChI=1S/C24H22FN7O3/c25-16-7-9-27-19(12-16)29-23(33)15-5-3-14(4-6-15)21-20-18(8-10-28-22(20)26)32(30-21)17-2-1-11-31(13-17)24(34)35/h3-10,12,17H,1-2,11,13H2,(H2,26,28)(H,34,35)(H,27,29,33)/t17-/m1/s1. The van der Waals surface area contributed by atoms with E-state index in [1.807, 2.05) is 10.7 Å². The van der Waals surface area contributed by atoms with Crippen LogP contribution in [0.5, 0.6) is 0 Å². The molecule has 0 aliphatic carbocycles. The minimum atomic E-state index is -0.949. The van der Waals surface area contributed by atoms with Crippen LogP contribution in [0.25, 0.3) is 22.2 Å². The van der Waals surface area contributed by atoms with E-state index in [0.717, 1.165) is 30.0 Å². The van der Waals surface area contributed by atoms with Gasteiger partial charge in [-0.25, -0.2) is 19.2 Å². The van der Waals surface area contributed by atoms with Gasteiger partial charge >= 0.3 is 6.09 Å². The predicted octanol–water partition coefficient (Wildman–Crippen LogP) is 3.78. The topological polar surface area (TPSA) is 139 Å². The number of hydrogen-bond acceptors (Lipinski definition) is 6. The van der Waals surface area contributed by atoms with Crippen molar-refractivity contribution in [3.05, 3.63) is 66.2 Å². The summed E-state index contributed by atoms with van der Waals surface area (Å²) in [6, 6.07) is 10.8. The summed E-state index contributed by atoms with van der Waals surface area (Å²) >= 11 is 0. The minimum Gasteiger partial charge on any atom is -0.465 e. The van der Waals surface area contributed by atoms with Crippen molar-refractivity contribution in [3.63, 3.8) is 0 Å². The lowest BCUT2D eigenvalue weighted by atomic mass is 10.1. The van der Waals surface area contributed by atoms with Crippen molar-refractivity contribution >= 4 is 34.5 Å². The average molecular weight is 475 g/mol. The molecule has 1 aliphatic heterocycles. The van der Waals surface area contributed by atoms with Crippen molar-refractivity contribution in [2.45, 2.75) is 18.9 Å². The number of anilines is 2. The number of halogens is 1. The molecule has 1 aliphatic rings. The van der Waals surface area contributed by atoms with Crippen LogP contribution >= 0.6 is 0 Å². The normalized spacial score (nSPS) is 15.8. The van der Waals surface area contributed by atoms with Gasteiger partial charge in [0.25, 0.3) is 5.91 Å². The Morgan fingerprint density at radius 3 is 2.63 bits per heavy atom. The summed E-state index contributed by atoms with van der Waals surface area (Å²) < 4.78 is 15.2. The Morgan fingerprint density at radius 2 is 1.89 bits per heavy atom. The number of nitrogens with zero attached hydrogens (tertiary/aromatic N) is 5. The van der Waals surface area contributed by atoms with Crippen LogP contribution < -0.4 is 11.1 Å². The van der Waals surface area contributed by atoms with Gasteiger partial charge in [0, 0.05) is 42.7 Å². The van der Waals surface area contributed by atoms with E-state index in [-0.39, 0.29) is 11.9 Å². The van der Waals surface area contributed by atoms with Gasteiger partial charge in [0.2, 0.25) is 0 Å². The van der Waals surface area contributed by atoms with E-state index in [0.29, 0.717) is 35.6 Å². The van der Waals surface area contributed by atoms with Gasteiger partial charge in [0.05, 0.1) is 16.9 Å². The molecule has 178 valence electrons. The zero-order valence-corrected chi connectivity index (χ0v) is 18.6. The number of carbonyl (C=O) groups excluding carboxylic acids is 1. The molecule has 0 spiro atoms. The Balaban J connectivity index is 1.47. The van der Waals surface area contributed by atoms with E-state index in [4.69, 9.17) is 10.8 Å². The highest BCUT2D eigenvalue weighted by molar-refractivity contribution is 6.05. The molecule has 5 rings (SSSR count). The molecule has 4 N–H and O–H groups in total. The lowest BCUT2D eigenvalue weighted by molar-refractivity contribution is 0.102. The quantitative estimate of drug-likeness (QED) is 0.408. The first-order valence-corrected chi connectivity index (χ1v) is 11.0. The van der Waals surface area contributed by atoms with Gasteiger partial charge in [-0.3, -0.25) is 9.48 Å². The number of rotatable bonds is 4. The summed E-state index contributed by atoms with van der Waals surface area (Å²) in [5, 5.41) is 17.5. The number of carboxylic acid groups (broad SMARTS) is 1. The molecular weight excluding hydrogens is 453 g/mol. The van der Waals surface area contributed by atoms with Crippen LogP contribution in [0.1, 0.15) is 29.2 Å².